The molecule has 2 rings (SSSR count). The first-order valence-corrected chi connectivity index (χ1v) is 7.87. The Hall–Kier alpha value is -0.870. The summed E-state index contributed by atoms with van der Waals surface area (Å²) in [5.74, 6) is 2.68. The summed E-state index contributed by atoms with van der Waals surface area (Å²) in [7, 11) is 0. The molecular weight excluding hydrogens is 250 g/mol. The van der Waals surface area contributed by atoms with Crippen molar-refractivity contribution in [2.75, 3.05) is 26.2 Å². The zero-order valence-electron chi connectivity index (χ0n) is 13.4. The third kappa shape index (κ3) is 4.32. The highest BCUT2D eigenvalue weighted by atomic mass is 16.4. The van der Waals surface area contributed by atoms with Crippen LogP contribution in [0.1, 0.15) is 52.2 Å². The van der Waals surface area contributed by atoms with Gasteiger partial charge in [-0.25, -0.2) is 4.98 Å². The van der Waals surface area contributed by atoms with Crippen LogP contribution in [0.15, 0.2) is 10.6 Å². The molecule has 4 heteroatoms. The Bertz CT molecular complexity index is 400. The number of hydrogen-bond acceptors (Lipinski definition) is 4. The lowest BCUT2D eigenvalue weighted by atomic mass is 9.94. The van der Waals surface area contributed by atoms with Crippen molar-refractivity contribution in [1.29, 1.82) is 0 Å². The van der Waals surface area contributed by atoms with Crippen LogP contribution in [0, 0.1) is 5.92 Å². The molecule has 0 spiro atoms. The van der Waals surface area contributed by atoms with Crippen molar-refractivity contribution in [3.63, 3.8) is 0 Å². The second-order valence-corrected chi connectivity index (χ2v) is 6.90. The van der Waals surface area contributed by atoms with Gasteiger partial charge in [0.05, 0.1) is 12.7 Å². The Morgan fingerprint density at radius 3 is 2.60 bits per heavy atom. The van der Waals surface area contributed by atoms with Gasteiger partial charge in [-0.2, -0.15) is 0 Å². The van der Waals surface area contributed by atoms with Gasteiger partial charge in [-0.15, -0.1) is 0 Å². The molecule has 114 valence electrons. The standard InChI is InChI=1S/C16H29N3O/c1-5-17-10-13-6-8-19(9-7-13)12-15-18-11-14(20-15)16(2,3)4/h11,13,17H,5-10,12H2,1-4H3. The highest BCUT2D eigenvalue weighted by molar-refractivity contribution is 5.06. The lowest BCUT2D eigenvalue weighted by molar-refractivity contribution is 0.161. The van der Waals surface area contributed by atoms with Crippen LogP contribution in [0.4, 0.5) is 0 Å². The van der Waals surface area contributed by atoms with Crippen molar-refractivity contribution in [1.82, 2.24) is 15.2 Å². The molecule has 0 radical (unpaired) electrons. The largest absolute Gasteiger partial charge is 0.444 e. The van der Waals surface area contributed by atoms with Crippen molar-refractivity contribution in [2.45, 2.75) is 52.5 Å². The molecule has 0 bridgehead atoms. The van der Waals surface area contributed by atoms with Crippen LogP contribution >= 0.6 is 0 Å². The molecule has 1 aliphatic rings. The highest BCUT2D eigenvalue weighted by Crippen LogP contribution is 2.24. The van der Waals surface area contributed by atoms with E-state index in [-0.39, 0.29) is 5.41 Å². The van der Waals surface area contributed by atoms with Gasteiger partial charge in [0.25, 0.3) is 0 Å². The van der Waals surface area contributed by atoms with Crippen LogP contribution in [0.3, 0.4) is 0 Å². The Morgan fingerprint density at radius 1 is 1.35 bits per heavy atom. The van der Waals surface area contributed by atoms with E-state index < -0.39 is 0 Å². The van der Waals surface area contributed by atoms with Crippen molar-refractivity contribution < 1.29 is 4.42 Å². The van der Waals surface area contributed by atoms with E-state index in [2.05, 4.69) is 42.9 Å². The molecule has 0 aliphatic carbocycles. The Kier molecular flexibility index (Phi) is 5.22. The minimum absolute atomic E-state index is 0.0457. The fourth-order valence-corrected chi connectivity index (χ4v) is 2.62. The third-order valence-electron chi connectivity index (χ3n) is 4.04. The van der Waals surface area contributed by atoms with E-state index in [1.165, 1.54) is 12.8 Å². The van der Waals surface area contributed by atoms with Crippen LogP contribution < -0.4 is 5.32 Å². The number of piperidine rings is 1. The minimum Gasteiger partial charge on any atom is -0.444 e. The van der Waals surface area contributed by atoms with Crippen molar-refractivity contribution in [3.05, 3.63) is 17.8 Å². The molecule has 1 aromatic heterocycles. The van der Waals surface area contributed by atoms with Gasteiger partial charge in [-0.1, -0.05) is 27.7 Å². The van der Waals surface area contributed by atoms with E-state index in [1.807, 2.05) is 6.20 Å². The van der Waals surface area contributed by atoms with Crippen LogP contribution in [-0.2, 0) is 12.0 Å². The molecule has 0 unspecified atom stereocenters. The first-order valence-electron chi connectivity index (χ1n) is 7.87. The van der Waals surface area contributed by atoms with Crippen LogP contribution in [-0.4, -0.2) is 36.1 Å². The van der Waals surface area contributed by atoms with E-state index in [1.54, 1.807) is 0 Å². The van der Waals surface area contributed by atoms with Gasteiger partial charge in [-0.05, 0) is 44.9 Å². The lowest BCUT2D eigenvalue weighted by Gasteiger charge is -2.31. The number of oxazole rings is 1. The van der Waals surface area contributed by atoms with Crippen molar-refractivity contribution >= 4 is 0 Å². The van der Waals surface area contributed by atoms with E-state index in [4.69, 9.17) is 4.42 Å². The Labute approximate surface area is 122 Å². The van der Waals surface area contributed by atoms with Gasteiger partial charge in [0, 0.05) is 5.41 Å². The third-order valence-corrected chi connectivity index (χ3v) is 4.04. The molecule has 4 nitrogen and oxygen atoms in total. The first kappa shape index (κ1) is 15.5. The summed E-state index contributed by atoms with van der Waals surface area (Å²) in [4.78, 5) is 6.88. The summed E-state index contributed by atoms with van der Waals surface area (Å²) in [5.41, 5.74) is 0.0457. The first-order chi connectivity index (χ1) is 9.49. The monoisotopic (exact) mass is 279 g/mol. The Balaban J connectivity index is 1.79. The van der Waals surface area contributed by atoms with Crippen molar-refractivity contribution in [2.24, 2.45) is 5.92 Å². The predicted molar refractivity (Wildman–Crippen MR) is 81.7 cm³/mol. The molecule has 1 saturated heterocycles. The van der Waals surface area contributed by atoms with Gasteiger partial charge >= 0.3 is 0 Å². The molecular formula is C16H29N3O. The highest BCUT2D eigenvalue weighted by Gasteiger charge is 2.22. The molecule has 0 atom stereocenters. The SMILES string of the molecule is CCNCC1CCN(Cc2ncc(C(C)(C)C)o2)CC1. The summed E-state index contributed by atoms with van der Waals surface area (Å²) in [5, 5.41) is 3.45. The normalized spacial score (nSPS) is 18.6. The second-order valence-electron chi connectivity index (χ2n) is 6.90. The maximum atomic E-state index is 5.88. The molecule has 1 fully saturated rings. The summed E-state index contributed by atoms with van der Waals surface area (Å²) >= 11 is 0. The number of hydrogen-bond donors (Lipinski definition) is 1. The Morgan fingerprint density at radius 2 is 2.05 bits per heavy atom. The zero-order valence-corrected chi connectivity index (χ0v) is 13.4. The predicted octanol–water partition coefficient (Wildman–Crippen LogP) is 2.79. The van der Waals surface area contributed by atoms with Gasteiger partial charge in [-0.3, -0.25) is 4.90 Å². The van der Waals surface area contributed by atoms with Crippen LogP contribution in [0.5, 0.6) is 0 Å². The quantitative estimate of drug-likeness (QED) is 0.900. The van der Waals surface area contributed by atoms with Gasteiger partial charge in [0.15, 0.2) is 0 Å². The van der Waals surface area contributed by atoms with Crippen LogP contribution in [0.25, 0.3) is 0 Å². The molecule has 1 aromatic rings. The number of aromatic nitrogens is 1. The van der Waals surface area contributed by atoms with Crippen LogP contribution in [0.2, 0.25) is 0 Å². The molecule has 1 aliphatic heterocycles. The molecule has 0 saturated carbocycles. The van der Waals surface area contributed by atoms with E-state index >= 15 is 0 Å². The maximum absolute atomic E-state index is 5.88. The van der Waals surface area contributed by atoms with E-state index in [0.29, 0.717) is 0 Å². The summed E-state index contributed by atoms with van der Waals surface area (Å²) < 4.78 is 5.88. The maximum Gasteiger partial charge on any atom is 0.208 e. The molecule has 2 heterocycles. The second kappa shape index (κ2) is 6.72. The van der Waals surface area contributed by atoms with E-state index in [9.17, 15) is 0 Å². The molecule has 0 amide bonds. The lowest BCUT2D eigenvalue weighted by Crippen LogP contribution is -2.36. The molecule has 0 aromatic carbocycles. The van der Waals surface area contributed by atoms with Crippen molar-refractivity contribution in [3.8, 4) is 0 Å². The fourth-order valence-electron chi connectivity index (χ4n) is 2.62. The van der Waals surface area contributed by atoms with E-state index in [0.717, 1.165) is 50.3 Å². The average molecular weight is 279 g/mol. The number of likely N-dealkylation sites (tertiary alicyclic amines) is 1. The summed E-state index contributed by atoms with van der Waals surface area (Å²) in [6.07, 6.45) is 4.44. The average Bonchev–Trinajstić information content (AvgIpc) is 2.86. The van der Waals surface area contributed by atoms with Gasteiger partial charge < -0.3 is 9.73 Å². The topological polar surface area (TPSA) is 41.3 Å². The van der Waals surface area contributed by atoms with Gasteiger partial charge in [0.1, 0.15) is 5.76 Å². The number of rotatable bonds is 5. The molecule has 1 N–H and O–H groups in total. The van der Waals surface area contributed by atoms with Gasteiger partial charge in [0.2, 0.25) is 5.89 Å². The summed E-state index contributed by atoms with van der Waals surface area (Å²) in [6, 6.07) is 0. The number of nitrogens with zero attached hydrogens (tertiary/aromatic N) is 2. The number of nitrogens with one attached hydrogen (secondary N) is 1. The summed E-state index contributed by atoms with van der Waals surface area (Å²) in [6.45, 7) is 14.0. The fraction of sp³-hybridized carbons (Fsp3) is 0.812. The minimum atomic E-state index is 0.0457. The smallest absolute Gasteiger partial charge is 0.208 e. The molecule has 20 heavy (non-hydrogen) atoms. The zero-order chi connectivity index (χ0) is 14.6.